The van der Waals surface area contributed by atoms with Crippen LogP contribution in [0.25, 0.3) is 0 Å². The molecule has 0 heterocycles. The second-order valence-corrected chi connectivity index (χ2v) is 11.7. The van der Waals surface area contributed by atoms with Gasteiger partial charge in [-0.3, -0.25) is 0 Å². The van der Waals surface area contributed by atoms with Crippen LogP contribution in [0.1, 0.15) is 66.7 Å². The Morgan fingerprint density at radius 1 is 0.619 bits per heavy atom. The summed E-state index contributed by atoms with van der Waals surface area (Å²) < 4.78 is 34.4. The molecule has 0 amide bonds. The summed E-state index contributed by atoms with van der Waals surface area (Å²) in [6.45, 7) is 23.9. The molecule has 0 saturated heterocycles. The molecular formula is C30H54O11Si. The van der Waals surface area contributed by atoms with Crippen LogP contribution in [-0.2, 0) is 51.4 Å². The van der Waals surface area contributed by atoms with Crippen LogP contribution in [0.4, 0.5) is 0 Å². The smallest absolute Gasteiger partial charge is 0.466 e. The lowest BCUT2D eigenvalue weighted by atomic mass is 10.3. The van der Waals surface area contributed by atoms with Crippen molar-refractivity contribution in [3.8, 4) is 0 Å². The SMILES string of the molecule is C=C(C)C(=O)OC.C=C(C)C(=O)OCCCC.C=C(C)C(=O)OCCC[Si](OC)(OC)OC.C=CC(=O)OCCCC. The number of unbranched alkanes of at least 4 members (excludes halogenated alkanes) is 2. The molecule has 0 bridgehead atoms. The van der Waals surface area contributed by atoms with Crippen molar-refractivity contribution < 1.29 is 51.4 Å². The minimum atomic E-state index is -2.53. The van der Waals surface area contributed by atoms with Crippen LogP contribution in [-0.4, -0.2) is 80.9 Å². The Morgan fingerprint density at radius 2 is 0.976 bits per heavy atom. The first-order valence-electron chi connectivity index (χ1n) is 13.5. The van der Waals surface area contributed by atoms with Crippen LogP contribution in [0.15, 0.2) is 49.1 Å². The van der Waals surface area contributed by atoms with Gasteiger partial charge in [-0.25, -0.2) is 19.2 Å². The number of rotatable bonds is 17. The van der Waals surface area contributed by atoms with Gasteiger partial charge in [0, 0.05) is 50.2 Å². The van der Waals surface area contributed by atoms with E-state index >= 15 is 0 Å². The molecule has 0 rings (SSSR count). The van der Waals surface area contributed by atoms with Gasteiger partial charge in [0.15, 0.2) is 0 Å². The summed E-state index contributed by atoms with van der Waals surface area (Å²) in [6, 6.07) is 0.611. The van der Waals surface area contributed by atoms with Crippen molar-refractivity contribution in [3.63, 3.8) is 0 Å². The van der Waals surface area contributed by atoms with E-state index in [0.717, 1.165) is 25.7 Å². The minimum absolute atomic E-state index is 0.284. The maximum atomic E-state index is 11.1. The van der Waals surface area contributed by atoms with Crippen LogP contribution in [0.2, 0.25) is 6.04 Å². The summed E-state index contributed by atoms with van der Waals surface area (Å²) in [5.74, 6) is -1.34. The van der Waals surface area contributed by atoms with E-state index in [1.807, 2.05) is 6.92 Å². The second-order valence-electron chi connectivity index (χ2n) is 8.58. The Bertz CT molecular complexity index is 810. The first-order valence-corrected chi connectivity index (χ1v) is 15.5. The molecule has 0 aromatic heterocycles. The molecule has 0 aliphatic rings. The third-order valence-corrected chi connectivity index (χ3v) is 7.50. The Kier molecular flexibility index (Phi) is 33.8. The zero-order valence-corrected chi connectivity index (χ0v) is 28.3. The number of hydrogen-bond acceptors (Lipinski definition) is 11. The standard InChI is InChI=1S/C10H20O5Si.C8H14O2.C7H12O2.C5H8O2/c1-9(2)10(11)15-7-6-8-16(12-3,13-4)14-5;1-4-5-6-10-8(9)7(2)3;1-3-5-6-9-7(8)4-2;1-4(2)5(6)7-3/h1,6-8H2,2-5H3;2,4-6H2,1,3H3;4H,2-3,5-6H2,1H3;1H2,2-3H3. The number of ether oxygens (including phenoxy) is 4. The molecule has 42 heavy (non-hydrogen) atoms. The van der Waals surface area contributed by atoms with Crippen molar-refractivity contribution in [2.75, 3.05) is 48.3 Å². The number of esters is 4. The van der Waals surface area contributed by atoms with Gasteiger partial charge in [0.1, 0.15) is 0 Å². The van der Waals surface area contributed by atoms with Gasteiger partial charge in [-0.1, -0.05) is 53.0 Å². The highest BCUT2D eigenvalue weighted by atomic mass is 28.4. The first-order chi connectivity index (χ1) is 19.7. The zero-order chi connectivity index (χ0) is 33.6. The molecule has 0 aliphatic carbocycles. The van der Waals surface area contributed by atoms with E-state index in [4.69, 9.17) is 22.8 Å². The van der Waals surface area contributed by atoms with Gasteiger partial charge in [0.05, 0.1) is 26.9 Å². The van der Waals surface area contributed by atoms with E-state index in [-0.39, 0.29) is 23.9 Å². The molecule has 0 fully saturated rings. The fourth-order valence-corrected chi connectivity index (χ4v) is 3.81. The summed E-state index contributed by atoms with van der Waals surface area (Å²) >= 11 is 0. The van der Waals surface area contributed by atoms with Gasteiger partial charge < -0.3 is 32.2 Å². The minimum Gasteiger partial charge on any atom is -0.466 e. The van der Waals surface area contributed by atoms with Crippen molar-refractivity contribution in [2.24, 2.45) is 0 Å². The third-order valence-electron chi connectivity index (χ3n) is 4.66. The van der Waals surface area contributed by atoms with Crippen molar-refractivity contribution in [1.29, 1.82) is 0 Å². The van der Waals surface area contributed by atoms with Crippen molar-refractivity contribution in [1.82, 2.24) is 0 Å². The van der Waals surface area contributed by atoms with Gasteiger partial charge in [-0.05, 0) is 40.0 Å². The van der Waals surface area contributed by atoms with Crippen LogP contribution < -0.4 is 0 Å². The topological polar surface area (TPSA) is 133 Å². The van der Waals surface area contributed by atoms with Gasteiger partial charge >= 0.3 is 32.7 Å². The monoisotopic (exact) mass is 618 g/mol. The molecule has 244 valence electrons. The lowest BCUT2D eigenvalue weighted by molar-refractivity contribution is -0.139. The largest absolute Gasteiger partial charge is 0.500 e. The summed E-state index contributed by atoms with van der Waals surface area (Å²) in [5.41, 5.74) is 1.30. The highest BCUT2D eigenvalue weighted by molar-refractivity contribution is 6.60. The maximum absolute atomic E-state index is 11.1. The van der Waals surface area contributed by atoms with Gasteiger partial charge in [-0.15, -0.1) is 0 Å². The van der Waals surface area contributed by atoms with Crippen molar-refractivity contribution >= 4 is 32.7 Å². The molecule has 0 aromatic rings. The summed E-state index contributed by atoms with van der Waals surface area (Å²) in [4.78, 5) is 42.3. The summed E-state index contributed by atoms with van der Waals surface area (Å²) in [6.07, 6.45) is 5.77. The molecule has 0 unspecified atom stereocenters. The van der Waals surface area contributed by atoms with E-state index in [2.05, 4.69) is 42.7 Å². The Labute approximate surface area is 254 Å². The predicted octanol–water partition coefficient (Wildman–Crippen LogP) is 5.53. The van der Waals surface area contributed by atoms with Crippen LogP contribution >= 0.6 is 0 Å². The van der Waals surface area contributed by atoms with Crippen LogP contribution in [0.5, 0.6) is 0 Å². The van der Waals surface area contributed by atoms with Crippen molar-refractivity contribution in [2.45, 2.75) is 72.8 Å². The normalized spacial score (nSPS) is 9.55. The van der Waals surface area contributed by atoms with Gasteiger partial charge in [0.25, 0.3) is 0 Å². The third kappa shape index (κ3) is 29.9. The molecule has 0 radical (unpaired) electrons. The molecule has 0 aliphatic heterocycles. The van der Waals surface area contributed by atoms with E-state index in [0.29, 0.717) is 49.0 Å². The fourth-order valence-electron chi connectivity index (χ4n) is 2.12. The molecule has 11 nitrogen and oxygen atoms in total. The number of methoxy groups -OCH3 is 1. The Morgan fingerprint density at radius 3 is 1.24 bits per heavy atom. The molecule has 0 atom stereocenters. The van der Waals surface area contributed by atoms with E-state index in [1.54, 1.807) is 42.1 Å². The molecule has 12 heteroatoms. The van der Waals surface area contributed by atoms with E-state index in [1.165, 1.54) is 13.2 Å². The van der Waals surface area contributed by atoms with Crippen LogP contribution in [0.3, 0.4) is 0 Å². The highest BCUT2D eigenvalue weighted by Gasteiger charge is 2.37. The van der Waals surface area contributed by atoms with E-state index in [9.17, 15) is 19.2 Å². The van der Waals surface area contributed by atoms with E-state index < -0.39 is 8.80 Å². The summed E-state index contributed by atoms with van der Waals surface area (Å²) in [5, 5.41) is 0. The molecule has 0 N–H and O–H groups in total. The highest BCUT2D eigenvalue weighted by Crippen LogP contribution is 2.15. The fraction of sp³-hybridized carbons (Fsp3) is 0.600. The first kappa shape index (κ1) is 45.9. The molecule has 0 saturated carbocycles. The average Bonchev–Trinajstić information content (AvgIpc) is 2.97. The lowest BCUT2D eigenvalue weighted by Gasteiger charge is -2.24. The number of hydrogen-bond donors (Lipinski definition) is 0. The summed E-state index contributed by atoms with van der Waals surface area (Å²) in [7, 11) is 3.46. The Hall–Kier alpha value is -3.06. The number of carbonyl (C=O) groups excluding carboxylic acids is 4. The predicted molar refractivity (Wildman–Crippen MR) is 166 cm³/mol. The molecule has 0 spiro atoms. The van der Waals surface area contributed by atoms with Crippen LogP contribution in [0, 0.1) is 0 Å². The molecular weight excluding hydrogens is 564 g/mol. The van der Waals surface area contributed by atoms with Gasteiger partial charge in [-0.2, -0.15) is 0 Å². The lowest BCUT2D eigenvalue weighted by Crippen LogP contribution is -2.42. The maximum Gasteiger partial charge on any atom is 0.500 e. The van der Waals surface area contributed by atoms with Gasteiger partial charge in [0.2, 0.25) is 0 Å². The molecule has 0 aromatic carbocycles. The number of carbonyl (C=O) groups is 4. The quantitative estimate of drug-likeness (QED) is 0.0670. The second kappa shape index (κ2) is 30.9. The average molecular weight is 619 g/mol. The Balaban J connectivity index is -0.000000242. The zero-order valence-electron chi connectivity index (χ0n) is 27.3. The van der Waals surface area contributed by atoms with Crippen molar-refractivity contribution in [3.05, 3.63) is 49.1 Å².